The zero-order valence-corrected chi connectivity index (χ0v) is 21.7. The van der Waals surface area contributed by atoms with Crippen molar-refractivity contribution < 1.29 is 49.0 Å². The first-order valence-electron chi connectivity index (χ1n) is 12.5. The molecule has 0 aromatic carbocycles. The highest BCUT2D eigenvalue weighted by atomic mass is 19.4. The molecule has 3 aromatic rings. The summed E-state index contributed by atoms with van der Waals surface area (Å²) in [5, 5.41) is 9.21. The third-order valence-corrected chi connectivity index (χ3v) is 6.79. The summed E-state index contributed by atoms with van der Waals surface area (Å²) in [5.41, 5.74) is -6.45. The summed E-state index contributed by atoms with van der Waals surface area (Å²) in [6.07, 6.45) is -12.7. The highest BCUT2D eigenvalue weighted by molar-refractivity contribution is 5.53. The van der Waals surface area contributed by atoms with Gasteiger partial charge in [0.15, 0.2) is 0 Å². The molecule has 5 rings (SSSR count). The van der Waals surface area contributed by atoms with Gasteiger partial charge in [0.25, 0.3) is 5.56 Å². The lowest BCUT2D eigenvalue weighted by Crippen LogP contribution is -2.49. The Morgan fingerprint density at radius 3 is 2.28 bits per heavy atom. The van der Waals surface area contributed by atoms with Crippen LogP contribution in [0.25, 0.3) is 0 Å². The minimum atomic E-state index is -5.01. The Labute approximate surface area is 235 Å². The molecule has 0 radical (unpaired) electrons. The lowest BCUT2D eigenvalue weighted by atomic mass is 10.1. The number of hydrogen-bond acceptors (Lipinski definition) is 9. The number of nitrogens with one attached hydrogen (secondary N) is 1. The fourth-order valence-corrected chi connectivity index (χ4v) is 4.88. The zero-order valence-electron chi connectivity index (χ0n) is 21.7. The van der Waals surface area contributed by atoms with Gasteiger partial charge in [-0.05, 0) is 0 Å². The van der Waals surface area contributed by atoms with Gasteiger partial charge < -0.3 is 19.3 Å². The van der Waals surface area contributed by atoms with E-state index in [1.54, 1.807) is 5.10 Å². The summed E-state index contributed by atoms with van der Waals surface area (Å²) in [4.78, 5) is 21.7. The molecule has 1 unspecified atom stereocenters. The van der Waals surface area contributed by atoms with Crippen molar-refractivity contribution in [1.82, 2.24) is 29.9 Å². The van der Waals surface area contributed by atoms with Gasteiger partial charge in [-0.15, -0.1) is 0 Å². The van der Waals surface area contributed by atoms with Gasteiger partial charge in [0.1, 0.15) is 16.8 Å². The van der Waals surface area contributed by atoms with Crippen molar-refractivity contribution in [2.45, 2.75) is 44.3 Å². The van der Waals surface area contributed by atoms with Crippen molar-refractivity contribution in [3.63, 3.8) is 0 Å². The molecule has 0 aliphatic carbocycles. The molecule has 0 bridgehead atoms. The topological polar surface area (TPSA) is 114 Å². The van der Waals surface area contributed by atoms with Gasteiger partial charge in [-0.25, -0.2) is 15.1 Å². The lowest BCUT2D eigenvalue weighted by Gasteiger charge is -2.37. The van der Waals surface area contributed by atoms with Crippen LogP contribution in [0, 0.1) is 0 Å². The number of morpholine rings is 1. The molecule has 11 nitrogen and oxygen atoms in total. The van der Waals surface area contributed by atoms with Gasteiger partial charge in [-0.2, -0.15) is 49.7 Å². The van der Waals surface area contributed by atoms with Crippen LogP contribution in [0.4, 0.5) is 51.1 Å². The molecule has 1 fully saturated rings. The minimum Gasteiger partial charge on any atom is -0.377 e. The van der Waals surface area contributed by atoms with Crippen LogP contribution in [0.3, 0.4) is 0 Å². The van der Waals surface area contributed by atoms with E-state index in [0.717, 1.165) is 10.9 Å². The second-order valence-electron chi connectivity index (χ2n) is 9.57. The number of hydrogen-bond donors (Lipinski definition) is 1. The Kier molecular flexibility index (Phi) is 8.01. The first kappa shape index (κ1) is 30.5. The maximum atomic E-state index is 14.2. The number of ether oxygens (including phenoxy) is 2. The molecule has 1 atom stereocenters. The largest absolute Gasteiger partial charge is 0.423 e. The Morgan fingerprint density at radius 2 is 1.63 bits per heavy atom. The summed E-state index contributed by atoms with van der Waals surface area (Å²) in [7, 11) is 0. The molecule has 2 aliphatic heterocycles. The average molecular weight is 628 g/mol. The number of aromatic amines is 1. The first-order chi connectivity index (χ1) is 20.1. The number of alkyl halides is 9. The van der Waals surface area contributed by atoms with Crippen molar-refractivity contribution >= 4 is 11.6 Å². The lowest BCUT2D eigenvalue weighted by molar-refractivity contribution is -0.140. The third kappa shape index (κ3) is 6.38. The molecule has 1 saturated heterocycles. The number of anilines is 2. The first-order valence-corrected chi connectivity index (χ1v) is 12.5. The Morgan fingerprint density at radius 1 is 0.930 bits per heavy atom. The van der Waals surface area contributed by atoms with E-state index < -0.39 is 71.4 Å². The summed E-state index contributed by atoms with van der Waals surface area (Å²) in [6, 6.07) is -0.905. The average Bonchev–Trinajstić information content (AvgIpc) is 3.30. The van der Waals surface area contributed by atoms with Crippen molar-refractivity contribution in [2.75, 3.05) is 42.7 Å². The van der Waals surface area contributed by atoms with E-state index in [9.17, 15) is 44.3 Å². The fraction of sp³-hybridized carbons (Fsp3) is 0.522. The van der Waals surface area contributed by atoms with Crippen molar-refractivity contribution in [2.24, 2.45) is 0 Å². The molecule has 0 amide bonds. The van der Waals surface area contributed by atoms with Crippen LogP contribution in [-0.4, -0.2) is 68.9 Å². The summed E-state index contributed by atoms with van der Waals surface area (Å²) in [5.74, 6) is -0.198. The highest BCUT2D eigenvalue weighted by Crippen LogP contribution is 2.38. The van der Waals surface area contributed by atoms with E-state index in [1.165, 1.54) is 9.80 Å². The molecular weight excluding hydrogens is 607 g/mol. The van der Waals surface area contributed by atoms with Crippen LogP contribution < -0.4 is 15.4 Å². The molecule has 0 spiro atoms. The van der Waals surface area contributed by atoms with E-state index in [2.05, 4.69) is 20.2 Å². The zero-order chi connectivity index (χ0) is 31.2. The van der Waals surface area contributed by atoms with E-state index in [-0.39, 0.29) is 51.1 Å². The van der Waals surface area contributed by atoms with Crippen molar-refractivity contribution in [3.8, 4) is 0 Å². The fourth-order valence-electron chi connectivity index (χ4n) is 4.88. The van der Waals surface area contributed by atoms with E-state index >= 15 is 0 Å². The van der Waals surface area contributed by atoms with Gasteiger partial charge in [0.2, 0.25) is 5.95 Å². The number of fused-ring (bicyclic) bond motifs is 1. The molecule has 5 heterocycles. The van der Waals surface area contributed by atoms with Crippen LogP contribution in [0.15, 0.2) is 23.4 Å². The molecule has 234 valence electrons. The molecule has 3 aromatic heterocycles. The maximum Gasteiger partial charge on any atom is 0.423 e. The Balaban J connectivity index is 1.34. The van der Waals surface area contributed by atoms with Gasteiger partial charge in [-0.3, -0.25) is 9.48 Å². The van der Waals surface area contributed by atoms with Crippen LogP contribution in [0.2, 0.25) is 0 Å². The molecule has 43 heavy (non-hydrogen) atoms. The normalized spacial score (nSPS) is 18.2. The van der Waals surface area contributed by atoms with Crippen LogP contribution in [-0.2, 0) is 47.7 Å². The van der Waals surface area contributed by atoms with Gasteiger partial charge in [0, 0.05) is 25.5 Å². The molecular formula is C23H21F9N8O3. The van der Waals surface area contributed by atoms with Crippen molar-refractivity contribution in [3.05, 3.63) is 57.0 Å². The monoisotopic (exact) mass is 628 g/mol. The van der Waals surface area contributed by atoms with Gasteiger partial charge in [-0.1, -0.05) is 0 Å². The number of H-pyrrole nitrogens is 1. The number of rotatable bonds is 6. The molecule has 0 saturated carbocycles. The minimum absolute atomic E-state index is 0.0196. The Hall–Kier alpha value is -3.94. The van der Waals surface area contributed by atoms with E-state index in [1.807, 2.05) is 0 Å². The Bertz CT molecular complexity index is 1500. The van der Waals surface area contributed by atoms with Crippen LogP contribution in [0.5, 0.6) is 0 Å². The third-order valence-electron chi connectivity index (χ3n) is 6.79. The number of aromatic nitrogens is 6. The predicted molar refractivity (Wildman–Crippen MR) is 127 cm³/mol. The summed E-state index contributed by atoms with van der Waals surface area (Å²) >= 11 is 0. The maximum absolute atomic E-state index is 14.2. The second kappa shape index (κ2) is 11.3. The smallest absolute Gasteiger partial charge is 0.377 e. The standard InChI is InChI=1S/C23H21F9N8O3/c24-21(25,26)12-5-33-20(34-6-12)38-1-2-40-16(8-38)17(22(27,28)29)14(37-40)11-43-10-13-9-42-4-3-39(13)15-7-35-36-19(41)18(15)23(30,31)32/h5-7,13H,1-4,8-11H2,(H,36,41). The summed E-state index contributed by atoms with van der Waals surface area (Å²) in [6.45, 7) is -1.67. The summed E-state index contributed by atoms with van der Waals surface area (Å²) < 4.78 is 134. The second-order valence-corrected chi connectivity index (χ2v) is 9.57. The van der Waals surface area contributed by atoms with Crippen molar-refractivity contribution in [1.29, 1.82) is 0 Å². The van der Waals surface area contributed by atoms with Gasteiger partial charge >= 0.3 is 18.5 Å². The van der Waals surface area contributed by atoms with E-state index in [0.29, 0.717) is 12.4 Å². The number of halogens is 9. The SMILES string of the molecule is O=c1[nH]ncc(N2CCOCC2COCc2nn3c(c2C(F)(F)F)CN(c2ncc(C(F)(F)F)cn2)CC3)c1C(F)(F)F. The quantitative estimate of drug-likeness (QED) is 0.411. The number of nitrogens with zero attached hydrogens (tertiary/aromatic N) is 7. The van der Waals surface area contributed by atoms with E-state index in [4.69, 9.17) is 9.47 Å². The molecule has 20 heteroatoms. The highest BCUT2D eigenvalue weighted by Gasteiger charge is 2.43. The molecule has 2 aliphatic rings. The molecule has 1 N–H and O–H groups in total. The van der Waals surface area contributed by atoms with Crippen LogP contribution in [0.1, 0.15) is 28.1 Å². The predicted octanol–water partition coefficient (Wildman–Crippen LogP) is 3.26. The van der Waals surface area contributed by atoms with Crippen LogP contribution >= 0.6 is 0 Å². The van der Waals surface area contributed by atoms with Gasteiger partial charge in [0.05, 0.1) is 68.7 Å².